The van der Waals surface area contributed by atoms with E-state index in [0.717, 1.165) is 49.4 Å². The van der Waals surface area contributed by atoms with Crippen LogP contribution >= 0.6 is 0 Å². The highest BCUT2D eigenvalue weighted by atomic mass is 19.1. The second-order valence-electron chi connectivity index (χ2n) is 6.54. The summed E-state index contributed by atoms with van der Waals surface area (Å²) in [7, 11) is 0. The molecule has 0 atom stereocenters. The second kappa shape index (κ2) is 4.62. The van der Waals surface area contributed by atoms with Crippen molar-refractivity contribution >= 4 is 16.7 Å². The molecule has 4 rings (SSSR count). The van der Waals surface area contributed by atoms with Crippen LogP contribution in [0.4, 0.5) is 4.39 Å². The van der Waals surface area contributed by atoms with Crippen LogP contribution in [0.1, 0.15) is 50.0 Å². The molecule has 3 heteroatoms. The fourth-order valence-electron chi connectivity index (χ4n) is 4.09. The maximum atomic E-state index is 13.5. The zero-order valence-corrected chi connectivity index (χ0v) is 11.9. The van der Waals surface area contributed by atoms with E-state index in [1.807, 2.05) is 12.3 Å². The van der Waals surface area contributed by atoms with Gasteiger partial charge < -0.3 is 0 Å². The summed E-state index contributed by atoms with van der Waals surface area (Å²) >= 11 is 0. The number of hydrogen-bond acceptors (Lipinski definition) is 2. The van der Waals surface area contributed by atoms with Gasteiger partial charge in [-0.3, -0.25) is 9.78 Å². The molecule has 2 aliphatic carbocycles. The Labute approximate surface area is 123 Å². The number of hydrogen-bond donors (Lipinski definition) is 0. The van der Waals surface area contributed by atoms with Gasteiger partial charge in [-0.1, -0.05) is 0 Å². The van der Waals surface area contributed by atoms with Crippen LogP contribution in [0.15, 0.2) is 30.5 Å². The summed E-state index contributed by atoms with van der Waals surface area (Å²) in [6.45, 7) is 0. The van der Waals surface area contributed by atoms with E-state index in [2.05, 4.69) is 4.98 Å². The maximum Gasteiger partial charge on any atom is 0.139 e. The first-order valence-electron chi connectivity index (χ1n) is 7.75. The van der Waals surface area contributed by atoms with Gasteiger partial charge in [-0.05, 0) is 67.9 Å². The summed E-state index contributed by atoms with van der Waals surface area (Å²) in [6.07, 6.45) is 7.71. The molecule has 108 valence electrons. The van der Waals surface area contributed by atoms with Crippen molar-refractivity contribution in [2.24, 2.45) is 5.41 Å². The number of pyridine rings is 1. The number of fused-ring (bicyclic) bond motifs is 1. The fraction of sp³-hybridized carbons (Fsp3) is 0.444. The van der Waals surface area contributed by atoms with Gasteiger partial charge in [-0.15, -0.1) is 0 Å². The Balaban J connectivity index is 1.65. The number of benzene rings is 1. The third-order valence-electron chi connectivity index (χ3n) is 5.54. The molecule has 0 radical (unpaired) electrons. The molecule has 1 heterocycles. The predicted octanol–water partition coefficient (Wildman–Crippen LogP) is 4.38. The first kappa shape index (κ1) is 12.9. The molecular weight excluding hydrogens is 265 g/mol. The zero-order valence-electron chi connectivity index (χ0n) is 11.9. The molecule has 0 N–H and O–H groups in total. The summed E-state index contributed by atoms with van der Waals surface area (Å²) in [5, 5.41) is 0.929. The Kier molecular flexibility index (Phi) is 2.84. The normalized spacial score (nSPS) is 28.8. The Morgan fingerprint density at radius 2 is 1.95 bits per heavy atom. The lowest BCUT2D eigenvalue weighted by molar-refractivity contribution is -0.141. The molecule has 2 saturated carbocycles. The molecule has 0 bridgehead atoms. The lowest BCUT2D eigenvalue weighted by atomic mass is 9.57. The molecule has 1 aromatic heterocycles. The van der Waals surface area contributed by atoms with Crippen LogP contribution in [0.3, 0.4) is 0 Å². The predicted molar refractivity (Wildman–Crippen MR) is 79.6 cm³/mol. The van der Waals surface area contributed by atoms with Crippen molar-refractivity contribution in [1.29, 1.82) is 0 Å². The highest BCUT2D eigenvalue weighted by Crippen LogP contribution is 2.52. The number of nitrogens with zero attached hydrogens (tertiary/aromatic N) is 1. The monoisotopic (exact) mass is 283 g/mol. The zero-order chi connectivity index (χ0) is 14.4. The fourth-order valence-corrected chi connectivity index (χ4v) is 4.09. The van der Waals surface area contributed by atoms with Gasteiger partial charge in [0.25, 0.3) is 0 Å². The number of Topliss-reactive ketones (excluding diaryl/α,β-unsaturated/α-hetero) is 1. The van der Waals surface area contributed by atoms with E-state index in [1.54, 1.807) is 12.1 Å². The Morgan fingerprint density at radius 3 is 2.62 bits per heavy atom. The first-order valence-corrected chi connectivity index (χ1v) is 7.75. The molecule has 2 aliphatic rings. The average Bonchev–Trinajstić information content (AvgIpc) is 2.53. The third kappa shape index (κ3) is 1.98. The number of aromatic nitrogens is 1. The lowest BCUT2D eigenvalue weighted by Crippen LogP contribution is -2.43. The van der Waals surface area contributed by atoms with Crippen LogP contribution in [0.2, 0.25) is 0 Å². The molecule has 0 aliphatic heterocycles. The number of ketones is 1. The van der Waals surface area contributed by atoms with E-state index in [0.29, 0.717) is 11.7 Å². The SMILES string of the molecule is O=C1CCC12CCC(c1ccnc3ccc(F)cc13)CC2. The summed E-state index contributed by atoms with van der Waals surface area (Å²) in [5.74, 6) is 0.682. The number of carbonyl (C=O) groups is 1. The van der Waals surface area contributed by atoms with Crippen molar-refractivity contribution in [3.05, 3.63) is 41.8 Å². The second-order valence-corrected chi connectivity index (χ2v) is 6.54. The molecular formula is C18H18FNO. The van der Waals surface area contributed by atoms with Crippen LogP contribution in [0.5, 0.6) is 0 Å². The van der Waals surface area contributed by atoms with Crippen molar-refractivity contribution in [2.45, 2.75) is 44.4 Å². The van der Waals surface area contributed by atoms with Crippen LogP contribution in [-0.4, -0.2) is 10.8 Å². The Bertz CT molecular complexity index is 716. The topological polar surface area (TPSA) is 30.0 Å². The molecule has 2 aromatic rings. The average molecular weight is 283 g/mol. The molecule has 21 heavy (non-hydrogen) atoms. The maximum absolute atomic E-state index is 13.5. The van der Waals surface area contributed by atoms with E-state index in [1.165, 1.54) is 11.6 Å². The highest BCUT2D eigenvalue weighted by Gasteiger charge is 2.47. The largest absolute Gasteiger partial charge is 0.299 e. The molecule has 0 amide bonds. The molecule has 1 spiro atoms. The number of carbonyl (C=O) groups excluding carboxylic acids is 1. The highest BCUT2D eigenvalue weighted by molar-refractivity contribution is 5.90. The standard InChI is InChI=1S/C18H18FNO/c19-13-1-2-16-15(11-13)14(6-10-20-16)12-3-7-18(8-4-12)9-5-17(18)21/h1-2,6,10-12H,3-5,7-9H2. The molecule has 0 unspecified atom stereocenters. The minimum atomic E-state index is -0.210. The van der Waals surface area contributed by atoms with E-state index < -0.39 is 0 Å². The minimum Gasteiger partial charge on any atom is -0.299 e. The number of halogens is 1. The third-order valence-corrected chi connectivity index (χ3v) is 5.54. The van der Waals surface area contributed by atoms with Gasteiger partial charge in [-0.2, -0.15) is 0 Å². The van der Waals surface area contributed by atoms with Crippen LogP contribution < -0.4 is 0 Å². The van der Waals surface area contributed by atoms with Crippen LogP contribution in [0, 0.1) is 11.2 Å². The van der Waals surface area contributed by atoms with Crippen LogP contribution in [0.25, 0.3) is 10.9 Å². The Hall–Kier alpha value is -1.77. The number of rotatable bonds is 1. The smallest absolute Gasteiger partial charge is 0.139 e. The van der Waals surface area contributed by atoms with Crippen molar-refractivity contribution in [1.82, 2.24) is 4.98 Å². The van der Waals surface area contributed by atoms with Crippen molar-refractivity contribution in [2.75, 3.05) is 0 Å². The molecule has 2 fully saturated rings. The summed E-state index contributed by atoms with van der Waals surface area (Å²) in [4.78, 5) is 16.2. The molecule has 2 nitrogen and oxygen atoms in total. The summed E-state index contributed by atoms with van der Waals surface area (Å²) in [5.41, 5.74) is 2.06. The van der Waals surface area contributed by atoms with Gasteiger partial charge in [0.15, 0.2) is 0 Å². The van der Waals surface area contributed by atoms with Crippen molar-refractivity contribution in [3.63, 3.8) is 0 Å². The summed E-state index contributed by atoms with van der Waals surface area (Å²) < 4.78 is 13.5. The Morgan fingerprint density at radius 1 is 1.14 bits per heavy atom. The quantitative estimate of drug-likeness (QED) is 0.777. The summed E-state index contributed by atoms with van der Waals surface area (Å²) in [6, 6.07) is 6.82. The van der Waals surface area contributed by atoms with Crippen LogP contribution in [-0.2, 0) is 4.79 Å². The van der Waals surface area contributed by atoms with E-state index in [9.17, 15) is 9.18 Å². The van der Waals surface area contributed by atoms with Gasteiger partial charge in [0.05, 0.1) is 5.52 Å². The van der Waals surface area contributed by atoms with Gasteiger partial charge in [-0.25, -0.2) is 4.39 Å². The van der Waals surface area contributed by atoms with Gasteiger partial charge in [0.1, 0.15) is 11.6 Å². The van der Waals surface area contributed by atoms with Gasteiger partial charge in [0, 0.05) is 23.4 Å². The molecule has 1 aromatic carbocycles. The van der Waals surface area contributed by atoms with E-state index >= 15 is 0 Å². The molecule has 0 saturated heterocycles. The minimum absolute atomic E-state index is 0.00455. The van der Waals surface area contributed by atoms with E-state index in [-0.39, 0.29) is 11.2 Å². The van der Waals surface area contributed by atoms with Crippen molar-refractivity contribution < 1.29 is 9.18 Å². The first-order chi connectivity index (χ1) is 10.2. The van der Waals surface area contributed by atoms with Crippen molar-refractivity contribution in [3.8, 4) is 0 Å². The van der Waals surface area contributed by atoms with Gasteiger partial charge in [0.2, 0.25) is 0 Å². The van der Waals surface area contributed by atoms with Gasteiger partial charge >= 0.3 is 0 Å². The van der Waals surface area contributed by atoms with E-state index in [4.69, 9.17) is 0 Å². The lowest BCUT2D eigenvalue weighted by Gasteiger charge is -2.45.